The average Bonchev–Trinajstić information content (AvgIpc) is 2.14. The predicted octanol–water partition coefficient (Wildman–Crippen LogP) is 2.42. The Morgan fingerprint density at radius 3 is 2.40 bits per heavy atom. The molecule has 0 aliphatic heterocycles. The van der Waals surface area contributed by atoms with Gasteiger partial charge in [0.25, 0.3) is 0 Å². The number of benzene rings is 1. The van der Waals surface area contributed by atoms with Crippen LogP contribution in [0.15, 0.2) is 12.1 Å². The van der Waals surface area contributed by atoms with Gasteiger partial charge in [-0.1, -0.05) is 6.07 Å². The summed E-state index contributed by atoms with van der Waals surface area (Å²) < 4.78 is 0. The Hall–Kier alpha value is -1.77. The van der Waals surface area contributed by atoms with Crippen molar-refractivity contribution in [2.24, 2.45) is 0 Å². The van der Waals surface area contributed by atoms with Crippen molar-refractivity contribution in [2.75, 3.05) is 0 Å². The van der Waals surface area contributed by atoms with Crippen LogP contribution in [0.2, 0.25) is 0 Å². The number of aryl methyl sites for hydroxylation is 2. The molecule has 2 N–H and O–H groups in total. The van der Waals surface area contributed by atoms with Gasteiger partial charge in [0.2, 0.25) is 0 Å². The molecule has 0 radical (unpaired) electrons. The monoisotopic (exact) mass is 206 g/mol. The van der Waals surface area contributed by atoms with E-state index >= 15 is 0 Å². The summed E-state index contributed by atoms with van der Waals surface area (Å²) in [5.74, 6) is -0.864. The molecule has 0 amide bonds. The molecule has 1 aromatic rings. The van der Waals surface area contributed by atoms with Gasteiger partial charge in [0.15, 0.2) is 0 Å². The van der Waals surface area contributed by atoms with E-state index in [-0.39, 0.29) is 5.75 Å². The summed E-state index contributed by atoms with van der Waals surface area (Å²) in [6.07, 6.45) is 2.44. The fourth-order valence-corrected chi connectivity index (χ4v) is 1.45. The van der Waals surface area contributed by atoms with E-state index in [1.54, 1.807) is 0 Å². The molecule has 0 saturated carbocycles. The zero-order chi connectivity index (χ0) is 11.6. The summed E-state index contributed by atoms with van der Waals surface area (Å²) >= 11 is 0. The maximum Gasteiger partial charge on any atom is 0.328 e. The van der Waals surface area contributed by atoms with Gasteiger partial charge in [0.1, 0.15) is 5.75 Å². The van der Waals surface area contributed by atoms with Crippen molar-refractivity contribution in [1.82, 2.24) is 0 Å². The van der Waals surface area contributed by atoms with Gasteiger partial charge in [-0.2, -0.15) is 0 Å². The Kier molecular flexibility index (Phi) is 3.14. The second kappa shape index (κ2) is 4.17. The molecule has 0 fully saturated rings. The highest BCUT2D eigenvalue weighted by Crippen LogP contribution is 2.29. The molecular weight excluding hydrogens is 192 g/mol. The maximum absolute atomic E-state index is 10.4. The van der Waals surface area contributed by atoms with Gasteiger partial charge in [-0.15, -0.1) is 0 Å². The van der Waals surface area contributed by atoms with Gasteiger partial charge >= 0.3 is 5.97 Å². The maximum atomic E-state index is 10.4. The summed E-state index contributed by atoms with van der Waals surface area (Å²) in [5, 5.41) is 18.3. The number of carboxylic acids is 1. The van der Waals surface area contributed by atoms with Crippen molar-refractivity contribution in [3.63, 3.8) is 0 Å². The van der Waals surface area contributed by atoms with Crippen LogP contribution in [0.4, 0.5) is 0 Å². The van der Waals surface area contributed by atoms with Crippen molar-refractivity contribution < 1.29 is 15.0 Å². The third-order valence-electron chi connectivity index (χ3n) is 2.45. The molecule has 15 heavy (non-hydrogen) atoms. The molecule has 0 aromatic heterocycles. The molecule has 1 aromatic carbocycles. The Balaban J connectivity index is 3.30. The number of aliphatic carboxylic acids is 1. The Labute approximate surface area is 88.7 Å². The number of phenols is 1. The Morgan fingerprint density at radius 1 is 1.27 bits per heavy atom. The van der Waals surface area contributed by atoms with Crippen LogP contribution in [0.25, 0.3) is 6.08 Å². The van der Waals surface area contributed by atoms with E-state index in [9.17, 15) is 9.90 Å². The standard InChI is InChI=1S/C12H14O3/c1-7-6-8(2)10(4-5-11(13)14)12(15)9(7)3/h4-6,15H,1-3H3,(H,13,14). The number of aromatic hydroxyl groups is 1. The number of hydrogen-bond donors (Lipinski definition) is 2. The van der Waals surface area contributed by atoms with Crippen molar-refractivity contribution in [3.8, 4) is 5.75 Å². The van der Waals surface area contributed by atoms with Crippen molar-refractivity contribution >= 4 is 12.0 Å². The van der Waals surface area contributed by atoms with Gasteiger partial charge in [-0.25, -0.2) is 4.79 Å². The number of carbonyl (C=O) groups is 1. The fourth-order valence-electron chi connectivity index (χ4n) is 1.45. The summed E-state index contributed by atoms with van der Waals surface area (Å²) in [6.45, 7) is 5.56. The smallest absolute Gasteiger partial charge is 0.328 e. The second-order valence-corrected chi connectivity index (χ2v) is 3.57. The molecule has 0 aliphatic rings. The molecule has 0 spiro atoms. The van der Waals surface area contributed by atoms with Crippen LogP contribution in [0.5, 0.6) is 5.75 Å². The lowest BCUT2D eigenvalue weighted by Gasteiger charge is -2.09. The largest absolute Gasteiger partial charge is 0.507 e. The topological polar surface area (TPSA) is 57.5 Å². The zero-order valence-corrected chi connectivity index (χ0v) is 9.03. The van der Waals surface area contributed by atoms with Crippen LogP contribution in [0, 0.1) is 20.8 Å². The predicted molar refractivity (Wildman–Crippen MR) is 59.0 cm³/mol. The molecule has 0 bridgehead atoms. The van der Waals surface area contributed by atoms with E-state index in [1.165, 1.54) is 6.08 Å². The van der Waals surface area contributed by atoms with Gasteiger partial charge in [0, 0.05) is 11.6 Å². The normalized spacial score (nSPS) is 10.9. The van der Waals surface area contributed by atoms with Crippen molar-refractivity contribution in [3.05, 3.63) is 34.4 Å². The zero-order valence-electron chi connectivity index (χ0n) is 9.03. The highest BCUT2D eigenvalue weighted by atomic mass is 16.4. The van der Waals surface area contributed by atoms with E-state index in [4.69, 9.17) is 5.11 Å². The van der Waals surface area contributed by atoms with Crippen LogP contribution < -0.4 is 0 Å². The van der Waals surface area contributed by atoms with Gasteiger partial charge < -0.3 is 10.2 Å². The van der Waals surface area contributed by atoms with E-state index < -0.39 is 5.97 Å². The molecule has 0 saturated heterocycles. The molecule has 1 rings (SSSR count). The fraction of sp³-hybridized carbons (Fsp3) is 0.250. The number of phenolic OH excluding ortho intramolecular Hbond substituents is 1. The minimum Gasteiger partial charge on any atom is -0.507 e. The summed E-state index contributed by atoms with van der Waals surface area (Å²) in [4.78, 5) is 10.4. The Morgan fingerprint density at radius 2 is 1.87 bits per heavy atom. The highest BCUT2D eigenvalue weighted by molar-refractivity contribution is 5.86. The molecule has 3 heteroatoms. The van der Waals surface area contributed by atoms with Crippen LogP contribution in [0.3, 0.4) is 0 Å². The first-order valence-corrected chi connectivity index (χ1v) is 4.64. The number of carboxylic acid groups (broad SMARTS) is 1. The van der Waals surface area contributed by atoms with Crippen LogP contribution >= 0.6 is 0 Å². The highest BCUT2D eigenvalue weighted by Gasteiger charge is 2.08. The lowest BCUT2D eigenvalue weighted by Crippen LogP contribution is -1.91. The quantitative estimate of drug-likeness (QED) is 0.730. The minimum absolute atomic E-state index is 0.157. The number of rotatable bonds is 2. The molecule has 80 valence electrons. The lowest BCUT2D eigenvalue weighted by atomic mass is 9.99. The molecule has 0 unspecified atom stereocenters. The second-order valence-electron chi connectivity index (χ2n) is 3.57. The first-order chi connectivity index (χ1) is 6.93. The lowest BCUT2D eigenvalue weighted by molar-refractivity contribution is -0.131. The van der Waals surface area contributed by atoms with E-state index in [0.29, 0.717) is 5.56 Å². The molecule has 0 heterocycles. The third kappa shape index (κ3) is 2.37. The molecule has 0 aliphatic carbocycles. The van der Waals surface area contributed by atoms with E-state index in [2.05, 4.69) is 0 Å². The summed E-state index contributed by atoms with van der Waals surface area (Å²) in [5.41, 5.74) is 3.22. The summed E-state index contributed by atoms with van der Waals surface area (Å²) in [7, 11) is 0. The SMILES string of the molecule is Cc1cc(C)c(C=CC(=O)O)c(O)c1C. The van der Waals surface area contributed by atoms with Crippen LogP contribution in [0.1, 0.15) is 22.3 Å². The van der Waals surface area contributed by atoms with Crippen LogP contribution in [-0.2, 0) is 4.79 Å². The Bertz CT molecular complexity index is 431. The van der Waals surface area contributed by atoms with Crippen molar-refractivity contribution in [1.29, 1.82) is 0 Å². The first-order valence-electron chi connectivity index (χ1n) is 4.64. The van der Waals surface area contributed by atoms with E-state index in [0.717, 1.165) is 22.8 Å². The molecule has 0 atom stereocenters. The van der Waals surface area contributed by atoms with Crippen LogP contribution in [-0.4, -0.2) is 16.2 Å². The first kappa shape index (κ1) is 11.3. The minimum atomic E-state index is -1.02. The summed E-state index contributed by atoms with van der Waals surface area (Å²) in [6, 6.07) is 1.93. The molecular formula is C12H14O3. The van der Waals surface area contributed by atoms with Gasteiger partial charge in [0.05, 0.1) is 0 Å². The van der Waals surface area contributed by atoms with Gasteiger partial charge in [-0.05, 0) is 43.5 Å². The van der Waals surface area contributed by atoms with Gasteiger partial charge in [-0.3, -0.25) is 0 Å². The average molecular weight is 206 g/mol. The van der Waals surface area contributed by atoms with E-state index in [1.807, 2.05) is 26.8 Å². The molecule has 3 nitrogen and oxygen atoms in total. The number of hydrogen-bond acceptors (Lipinski definition) is 2. The van der Waals surface area contributed by atoms with Crippen molar-refractivity contribution in [2.45, 2.75) is 20.8 Å². The third-order valence-corrected chi connectivity index (χ3v) is 2.45.